The predicted molar refractivity (Wildman–Crippen MR) is 54.2 cm³/mol. The van der Waals surface area contributed by atoms with E-state index in [0.29, 0.717) is 0 Å². The Balaban J connectivity index is 3.30. The van der Waals surface area contributed by atoms with Crippen molar-refractivity contribution in [2.75, 3.05) is 11.9 Å². The third-order valence-corrected chi connectivity index (χ3v) is 5.67. The average Bonchev–Trinajstić information content (AvgIpc) is 1.97. The summed E-state index contributed by atoms with van der Waals surface area (Å²) in [6.45, 7) is 2.11. The van der Waals surface area contributed by atoms with Gasteiger partial charge in [0.1, 0.15) is 23.3 Å². The van der Waals surface area contributed by atoms with E-state index >= 15 is 0 Å². The summed E-state index contributed by atoms with van der Waals surface area (Å²) in [5, 5.41) is 8.33. The van der Waals surface area contributed by atoms with Crippen LogP contribution in [0.5, 0.6) is 0 Å². The fraction of sp³-hybridized carbons (Fsp3) is 0.833. The molecule has 0 aliphatic heterocycles. The highest BCUT2D eigenvalue weighted by Crippen LogP contribution is 2.38. The molecule has 0 amide bonds. The van der Waals surface area contributed by atoms with E-state index in [2.05, 4.69) is 6.92 Å². The quantitative estimate of drug-likeness (QED) is 0.685. The van der Waals surface area contributed by atoms with E-state index in [-0.39, 0.29) is 5.75 Å². The SMILES string of the molecule is CCCC[P+](=S)SCC(=O)O. The van der Waals surface area contributed by atoms with Crippen LogP contribution in [0.4, 0.5) is 0 Å². The maximum Gasteiger partial charge on any atom is 0.317 e. The van der Waals surface area contributed by atoms with Gasteiger partial charge in [0.15, 0.2) is 11.8 Å². The van der Waals surface area contributed by atoms with Crippen molar-refractivity contribution in [3.8, 4) is 0 Å². The van der Waals surface area contributed by atoms with E-state index in [1.54, 1.807) is 0 Å². The Morgan fingerprint density at radius 2 is 2.36 bits per heavy atom. The van der Waals surface area contributed by atoms with Gasteiger partial charge in [-0.05, 0) is 6.42 Å². The van der Waals surface area contributed by atoms with Crippen LogP contribution < -0.4 is 0 Å². The number of unbranched alkanes of at least 4 members (excludes halogenated alkanes) is 1. The molecule has 0 aliphatic rings. The summed E-state index contributed by atoms with van der Waals surface area (Å²) in [5.74, 6) is -1.09. The summed E-state index contributed by atoms with van der Waals surface area (Å²) in [6, 6.07) is 0. The van der Waals surface area contributed by atoms with Crippen molar-refractivity contribution in [2.45, 2.75) is 19.8 Å². The number of rotatable bonds is 6. The molecule has 0 aromatic heterocycles. The Kier molecular flexibility index (Phi) is 7.23. The van der Waals surface area contributed by atoms with Crippen molar-refractivity contribution < 1.29 is 9.90 Å². The van der Waals surface area contributed by atoms with Gasteiger partial charge < -0.3 is 5.11 Å². The van der Waals surface area contributed by atoms with E-state index < -0.39 is 11.9 Å². The van der Waals surface area contributed by atoms with Gasteiger partial charge in [-0.2, -0.15) is 0 Å². The van der Waals surface area contributed by atoms with Gasteiger partial charge in [0.05, 0.1) is 0 Å². The van der Waals surface area contributed by atoms with Crippen LogP contribution in [0.15, 0.2) is 0 Å². The van der Waals surface area contributed by atoms with Gasteiger partial charge >= 0.3 is 5.97 Å². The van der Waals surface area contributed by atoms with E-state index in [4.69, 9.17) is 16.9 Å². The molecule has 0 rings (SSSR count). The molecule has 0 saturated heterocycles. The highest BCUT2D eigenvalue weighted by atomic mass is 32.9. The highest BCUT2D eigenvalue weighted by molar-refractivity contribution is 8.64. The normalized spacial score (nSPS) is 11.2. The summed E-state index contributed by atoms with van der Waals surface area (Å²) >= 11 is 6.49. The number of hydrogen-bond donors (Lipinski definition) is 1. The third-order valence-electron chi connectivity index (χ3n) is 1.03. The zero-order valence-corrected chi connectivity index (χ0v) is 8.98. The molecule has 0 spiro atoms. The third kappa shape index (κ3) is 8.24. The van der Waals surface area contributed by atoms with Crippen LogP contribution in [0, 0.1) is 0 Å². The standard InChI is InChI=1S/C6H11O2PS2/c1-2-3-4-9(10)11-5-6(7)8/h2-5H2,1H3/p+1. The second-order valence-corrected chi connectivity index (χ2v) is 7.85. The summed E-state index contributed by atoms with van der Waals surface area (Å²) in [5.41, 5.74) is 0. The molecule has 0 aromatic carbocycles. The molecule has 0 saturated carbocycles. The molecular formula is C6H12O2PS2+. The zero-order chi connectivity index (χ0) is 8.69. The summed E-state index contributed by atoms with van der Waals surface area (Å²) < 4.78 is 0. The molecular weight excluding hydrogens is 199 g/mol. The summed E-state index contributed by atoms with van der Waals surface area (Å²) in [7, 11) is 0. The highest BCUT2D eigenvalue weighted by Gasteiger charge is 2.12. The van der Waals surface area contributed by atoms with Crippen LogP contribution in [-0.2, 0) is 16.6 Å². The van der Waals surface area contributed by atoms with Crippen LogP contribution >= 0.6 is 17.3 Å². The van der Waals surface area contributed by atoms with Crippen molar-refractivity contribution >= 4 is 35.1 Å². The molecule has 0 heterocycles. The summed E-state index contributed by atoms with van der Waals surface area (Å²) in [4.78, 5) is 10.1. The first kappa shape index (κ1) is 11.3. The lowest BCUT2D eigenvalue weighted by atomic mass is 10.4. The predicted octanol–water partition coefficient (Wildman–Crippen LogP) is 2.46. The monoisotopic (exact) mass is 211 g/mol. The van der Waals surface area contributed by atoms with E-state index in [1.165, 1.54) is 11.4 Å². The van der Waals surface area contributed by atoms with Crippen LogP contribution in [0.2, 0.25) is 0 Å². The molecule has 1 unspecified atom stereocenters. The van der Waals surface area contributed by atoms with Gasteiger partial charge in [-0.25, -0.2) is 0 Å². The van der Waals surface area contributed by atoms with Crippen LogP contribution in [0.1, 0.15) is 19.8 Å². The zero-order valence-electron chi connectivity index (χ0n) is 6.45. The lowest BCUT2D eigenvalue weighted by Crippen LogP contribution is -1.95. The lowest BCUT2D eigenvalue weighted by molar-refractivity contribution is -0.133. The van der Waals surface area contributed by atoms with Gasteiger partial charge in [0.2, 0.25) is 5.90 Å². The Hall–Kier alpha value is 0.340. The molecule has 1 N–H and O–H groups in total. The largest absolute Gasteiger partial charge is 0.481 e. The molecule has 5 heteroatoms. The van der Waals surface area contributed by atoms with Crippen molar-refractivity contribution in [1.29, 1.82) is 0 Å². The minimum atomic E-state index is -0.760. The number of carbonyl (C=O) groups is 1. The van der Waals surface area contributed by atoms with E-state index in [0.717, 1.165) is 19.0 Å². The maximum absolute atomic E-state index is 10.1. The molecule has 0 bridgehead atoms. The Bertz CT molecular complexity index is 150. The Morgan fingerprint density at radius 3 is 2.82 bits per heavy atom. The van der Waals surface area contributed by atoms with Gasteiger partial charge in [-0.1, -0.05) is 13.3 Å². The molecule has 11 heavy (non-hydrogen) atoms. The van der Waals surface area contributed by atoms with Crippen molar-refractivity contribution in [3.05, 3.63) is 0 Å². The Morgan fingerprint density at radius 1 is 1.73 bits per heavy atom. The van der Waals surface area contributed by atoms with E-state index in [9.17, 15) is 4.79 Å². The number of hydrogen-bond acceptors (Lipinski definition) is 3. The minimum Gasteiger partial charge on any atom is -0.481 e. The molecule has 0 radical (unpaired) electrons. The summed E-state index contributed by atoms with van der Waals surface area (Å²) in [6.07, 6.45) is 3.28. The van der Waals surface area contributed by atoms with Crippen molar-refractivity contribution in [2.24, 2.45) is 0 Å². The van der Waals surface area contributed by atoms with Crippen molar-refractivity contribution in [1.82, 2.24) is 0 Å². The molecule has 64 valence electrons. The lowest BCUT2D eigenvalue weighted by Gasteiger charge is -1.87. The van der Waals surface area contributed by atoms with Gasteiger partial charge in [0.25, 0.3) is 0 Å². The average molecular weight is 211 g/mol. The second-order valence-electron chi connectivity index (χ2n) is 2.08. The number of aliphatic carboxylic acids is 1. The van der Waals surface area contributed by atoms with Gasteiger partial charge in [0, 0.05) is 0 Å². The molecule has 0 aliphatic carbocycles. The van der Waals surface area contributed by atoms with E-state index in [1.807, 2.05) is 0 Å². The second kappa shape index (κ2) is 7.01. The fourth-order valence-corrected chi connectivity index (χ4v) is 3.84. The molecule has 0 fully saturated rings. The van der Waals surface area contributed by atoms with Gasteiger partial charge in [-0.15, -0.1) is 0 Å². The Labute approximate surface area is 76.9 Å². The first-order valence-electron chi connectivity index (χ1n) is 3.46. The smallest absolute Gasteiger partial charge is 0.317 e. The van der Waals surface area contributed by atoms with Crippen molar-refractivity contribution in [3.63, 3.8) is 0 Å². The maximum atomic E-state index is 10.1. The topological polar surface area (TPSA) is 37.3 Å². The first-order chi connectivity index (χ1) is 5.16. The molecule has 2 nitrogen and oxygen atoms in total. The van der Waals surface area contributed by atoms with Crippen LogP contribution in [0.3, 0.4) is 0 Å². The molecule has 0 aromatic rings. The minimum absolute atomic E-state index is 0.166. The first-order valence-corrected chi connectivity index (χ1v) is 7.59. The van der Waals surface area contributed by atoms with Gasteiger partial charge in [-0.3, -0.25) is 4.79 Å². The van der Waals surface area contributed by atoms with Crippen LogP contribution in [-0.4, -0.2) is 23.0 Å². The molecule has 1 atom stereocenters. The van der Waals surface area contributed by atoms with Crippen LogP contribution in [0.25, 0.3) is 0 Å². The fourth-order valence-electron chi connectivity index (χ4n) is 0.479. The number of carboxylic acid groups (broad SMARTS) is 1. The number of carboxylic acids is 1.